The lowest BCUT2D eigenvalue weighted by Crippen LogP contribution is -2.47. The first-order valence-corrected chi connectivity index (χ1v) is 11.2. The van der Waals surface area contributed by atoms with Gasteiger partial charge in [0.15, 0.2) is 6.61 Å². The van der Waals surface area contributed by atoms with E-state index in [0.717, 1.165) is 16.2 Å². The molecule has 1 fully saturated rings. The minimum atomic E-state index is -4.40. The quantitative estimate of drug-likeness (QED) is 0.594. The number of rotatable bonds is 5. The van der Waals surface area contributed by atoms with E-state index in [-0.39, 0.29) is 18.0 Å². The van der Waals surface area contributed by atoms with Crippen LogP contribution >= 0.6 is 11.3 Å². The third-order valence-electron chi connectivity index (χ3n) is 5.33. The lowest BCUT2D eigenvalue weighted by atomic mass is 9.90. The van der Waals surface area contributed by atoms with E-state index in [1.165, 1.54) is 0 Å². The number of nitrogens with zero attached hydrogens (tertiary/aromatic N) is 3. The highest BCUT2D eigenvalue weighted by Gasteiger charge is 2.37. The van der Waals surface area contributed by atoms with E-state index in [2.05, 4.69) is 9.88 Å². The van der Waals surface area contributed by atoms with Crippen LogP contribution in [0.3, 0.4) is 0 Å². The summed E-state index contributed by atoms with van der Waals surface area (Å²) in [5.41, 5.74) is -1.22. The molecule has 176 valence electrons. The van der Waals surface area contributed by atoms with Crippen molar-refractivity contribution in [1.82, 2.24) is 14.8 Å². The monoisotopic (exact) mass is 467 g/mol. The van der Waals surface area contributed by atoms with Crippen LogP contribution in [-0.4, -0.2) is 71.1 Å². The molecule has 0 radical (unpaired) electrons. The van der Waals surface area contributed by atoms with Crippen molar-refractivity contribution < 1.29 is 31.8 Å². The number of carbonyl (C=O) groups excluding carboxylic acids is 1. The molecule has 2 aliphatic rings. The van der Waals surface area contributed by atoms with Crippen LogP contribution in [0.2, 0.25) is 0 Å². The molecule has 31 heavy (non-hydrogen) atoms. The number of alkyl halides is 4. The smallest absolute Gasteiger partial charge is 0.422 e. The number of amides is 1. The van der Waals surface area contributed by atoms with Crippen LogP contribution < -0.4 is 4.74 Å². The van der Waals surface area contributed by atoms with Crippen molar-refractivity contribution in [2.45, 2.75) is 70.4 Å². The van der Waals surface area contributed by atoms with Crippen molar-refractivity contribution in [2.24, 2.45) is 0 Å². The van der Waals surface area contributed by atoms with Crippen LogP contribution in [0.4, 0.5) is 22.4 Å². The predicted molar refractivity (Wildman–Crippen MR) is 108 cm³/mol. The molecule has 0 spiro atoms. The third-order valence-corrected chi connectivity index (χ3v) is 6.40. The molecule has 1 aromatic heterocycles. The Hall–Kier alpha value is -1.62. The third kappa shape index (κ3) is 7.20. The molecule has 1 amide bonds. The molecule has 2 aliphatic heterocycles. The molecule has 0 aliphatic carbocycles. The highest BCUT2D eigenvalue weighted by Crippen LogP contribution is 2.34. The normalized spacial score (nSPS) is 19.8. The fraction of sp³-hybridized carbons (Fsp3) is 0.800. The standard InChI is InChI=1S/C20H29F4N3O3S/c1-18(2,3)30-17(28)27-10-6-19(21,7-11-27)5-9-26-8-4-15-14(12-26)25-16(31-15)29-13-20(22,23)24/h4-13H2,1-3H3. The van der Waals surface area contributed by atoms with Crippen LogP contribution in [-0.2, 0) is 17.7 Å². The van der Waals surface area contributed by atoms with Crippen LogP contribution in [0.25, 0.3) is 0 Å². The SMILES string of the molecule is CC(C)(C)OC(=O)N1CCC(F)(CCN2CCc3sc(OCC(F)(F)F)nc3C2)CC1. The summed E-state index contributed by atoms with van der Waals surface area (Å²) in [5, 5.41) is 0.0284. The van der Waals surface area contributed by atoms with E-state index in [9.17, 15) is 18.0 Å². The molecule has 6 nitrogen and oxygen atoms in total. The van der Waals surface area contributed by atoms with Gasteiger partial charge in [-0.2, -0.15) is 13.2 Å². The first-order valence-electron chi connectivity index (χ1n) is 10.4. The molecule has 11 heteroatoms. The Morgan fingerprint density at radius 2 is 1.87 bits per heavy atom. The van der Waals surface area contributed by atoms with Gasteiger partial charge in [0.2, 0.25) is 0 Å². The molecule has 3 heterocycles. The fourth-order valence-electron chi connectivity index (χ4n) is 3.65. The van der Waals surface area contributed by atoms with Gasteiger partial charge in [-0.25, -0.2) is 14.2 Å². The highest BCUT2D eigenvalue weighted by atomic mass is 32.1. The summed E-state index contributed by atoms with van der Waals surface area (Å²) < 4.78 is 62.3. The van der Waals surface area contributed by atoms with E-state index >= 15 is 4.39 Å². The molecule has 0 N–H and O–H groups in total. The summed E-state index contributed by atoms with van der Waals surface area (Å²) in [6, 6.07) is 0. The van der Waals surface area contributed by atoms with E-state index in [0.29, 0.717) is 51.3 Å². The number of carbonyl (C=O) groups is 1. The van der Waals surface area contributed by atoms with Gasteiger partial charge >= 0.3 is 12.3 Å². The molecule has 3 rings (SSSR count). The summed E-state index contributed by atoms with van der Waals surface area (Å²) >= 11 is 1.15. The maximum atomic E-state index is 15.3. The van der Waals surface area contributed by atoms with Gasteiger partial charge in [-0.3, -0.25) is 4.90 Å². The Labute approximate surface area is 183 Å². The second-order valence-electron chi connectivity index (χ2n) is 9.15. The number of ether oxygens (including phenoxy) is 2. The average molecular weight is 468 g/mol. The molecule has 0 atom stereocenters. The van der Waals surface area contributed by atoms with Gasteiger partial charge in [-0.15, -0.1) is 0 Å². The summed E-state index contributed by atoms with van der Waals surface area (Å²) in [5.74, 6) is 0. The molecule has 1 saturated heterocycles. The highest BCUT2D eigenvalue weighted by molar-refractivity contribution is 7.13. The number of thiazole rings is 1. The summed E-state index contributed by atoms with van der Waals surface area (Å²) in [6.07, 6.45) is -3.29. The largest absolute Gasteiger partial charge is 0.460 e. The molecule has 0 saturated carbocycles. The van der Waals surface area contributed by atoms with E-state index < -0.39 is 30.1 Å². The molecular formula is C20H29F4N3O3S. The minimum Gasteiger partial charge on any atom is -0.460 e. The summed E-state index contributed by atoms with van der Waals surface area (Å²) in [7, 11) is 0. The second-order valence-corrected chi connectivity index (χ2v) is 10.2. The van der Waals surface area contributed by atoms with Crippen molar-refractivity contribution >= 4 is 17.4 Å². The van der Waals surface area contributed by atoms with Crippen LogP contribution in [0.15, 0.2) is 0 Å². The lowest BCUT2D eigenvalue weighted by molar-refractivity contribution is -0.153. The number of fused-ring (bicyclic) bond motifs is 1. The van der Waals surface area contributed by atoms with Crippen molar-refractivity contribution in [1.29, 1.82) is 0 Å². The number of halogens is 4. The zero-order valence-corrected chi connectivity index (χ0v) is 18.9. The molecule has 1 aromatic rings. The van der Waals surface area contributed by atoms with E-state index in [4.69, 9.17) is 9.47 Å². The van der Waals surface area contributed by atoms with Crippen molar-refractivity contribution in [3.05, 3.63) is 10.6 Å². The predicted octanol–water partition coefficient (Wildman–Crippen LogP) is 4.57. The van der Waals surface area contributed by atoms with Crippen LogP contribution in [0.5, 0.6) is 5.19 Å². The lowest BCUT2D eigenvalue weighted by Gasteiger charge is -2.38. The Morgan fingerprint density at radius 3 is 2.48 bits per heavy atom. The van der Waals surface area contributed by atoms with Gasteiger partial charge < -0.3 is 14.4 Å². The van der Waals surface area contributed by atoms with E-state index in [1.54, 1.807) is 25.7 Å². The first-order chi connectivity index (χ1) is 14.3. The molecular weight excluding hydrogens is 438 g/mol. The Balaban J connectivity index is 1.45. The first kappa shape index (κ1) is 24.0. The van der Waals surface area contributed by atoms with Gasteiger partial charge in [0, 0.05) is 37.6 Å². The van der Waals surface area contributed by atoms with Gasteiger partial charge in [0.25, 0.3) is 5.19 Å². The maximum Gasteiger partial charge on any atom is 0.422 e. The van der Waals surface area contributed by atoms with Gasteiger partial charge in [0.05, 0.1) is 5.69 Å². The van der Waals surface area contributed by atoms with Gasteiger partial charge in [0.1, 0.15) is 11.3 Å². The summed E-state index contributed by atoms with van der Waals surface area (Å²) in [4.78, 5) is 20.9. The zero-order valence-electron chi connectivity index (χ0n) is 18.1. The minimum absolute atomic E-state index is 0.0284. The topological polar surface area (TPSA) is 54.9 Å². The number of hydrogen-bond acceptors (Lipinski definition) is 6. The Morgan fingerprint density at radius 1 is 1.19 bits per heavy atom. The number of hydrogen-bond donors (Lipinski definition) is 0. The van der Waals surface area contributed by atoms with Gasteiger partial charge in [-0.1, -0.05) is 11.3 Å². The van der Waals surface area contributed by atoms with Crippen LogP contribution in [0, 0.1) is 0 Å². The van der Waals surface area contributed by atoms with Gasteiger partial charge in [-0.05, 0) is 46.5 Å². The fourth-order valence-corrected chi connectivity index (χ4v) is 4.56. The molecule has 0 unspecified atom stereocenters. The second kappa shape index (κ2) is 9.09. The number of likely N-dealkylation sites (tertiary alicyclic amines) is 1. The van der Waals surface area contributed by atoms with E-state index in [1.807, 2.05) is 0 Å². The van der Waals surface area contributed by atoms with Crippen molar-refractivity contribution in [3.63, 3.8) is 0 Å². The number of aromatic nitrogens is 1. The average Bonchev–Trinajstić information content (AvgIpc) is 3.06. The maximum absolute atomic E-state index is 15.3. The zero-order chi connectivity index (χ0) is 22.9. The van der Waals surface area contributed by atoms with Crippen LogP contribution in [0.1, 0.15) is 50.6 Å². The molecule has 0 aromatic carbocycles. The molecule has 0 bridgehead atoms. The Bertz CT molecular complexity index is 771. The summed E-state index contributed by atoms with van der Waals surface area (Å²) in [6.45, 7) is 6.38. The van der Waals surface area contributed by atoms with Crippen molar-refractivity contribution in [3.8, 4) is 5.19 Å². The van der Waals surface area contributed by atoms with Crippen molar-refractivity contribution in [2.75, 3.05) is 32.8 Å². The number of piperidine rings is 1. The Kier molecular flexibility index (Phi) is 7.05.